The van der Waals surface area contributed by atoms with Gasteiger partial charge < -0.3 is 11.1 Å². The predicted octanol–water partition coefficient (Wildman–Crippen LogP) is 2.76. The highest BCUT2D eigenvalue weighted by molar-refractivity contribution is 5.99. The molecule has 0 unspecified atom stereocenters. The van der Waals surface area contributed by atoms with Gasteiger partial charge in [-0.25, -0.2) is 0 Å². The number of amides is 1. The zero-order valence-electron chi connectivity index (χ0n) is 11.0. The first-order valence-electron chi connectivity index (χ1n) is 6.42. The molecule has 0 bridgehead atoms. The third-order valence-electron chi connectivity index (χ3n) is 3.14. The quantitative estimate of drug-likeness (QED) is 0.824. The smallest absolute Gasteiger partial charge is 0.253 e. The maximum atomic E-state index is 12.0. The van der Waals surface area contributed by atoms with Crippen molar-refractivity contribution >= 4 is 11.6 Å². The fraction of sp³-hybridized carbons (Fsp3) is 0.188. The minimum atomic E-state index is -0.135. The Bertz CT molecular complexity index is 578. The SMILES string of the molecule is CCc1ccccc1CNC(=O)c1ccccc1N. The Morgan fingerprint density at radius 2 is 1.68 bits per heavy atom. The Balaban J connectivity index is 2.07. The van der Waals surface area contributed by atoms with Gasteiger partial charge in [0.25, 0.3) is 5.91 Å². The Morgan fingerprint density at radius 3 is 2.37 bits per heavy atom. The van der Waals surface area contributed by atoms with Crippen LogP contribution in [0.25, 0.3) is 0 Å². The summed E-state index contributed by atoms with van der Waals surface area (Å²) >= 11 is 0. The van der Waals surface area contributed by atoms with Crippen LogP contribution in [-0.2, 0) is 13.0 Å². The first-order valence-corrected chi connectivity index (χ1v) is 6.42. The monoisotopic (exact) mass is 254 g/mol. The predicted molar refractivity (Wildman–Crippen MR) is 77.8 cm³/mol. The number of aryl methyl sites for hydroxylation is 1. The summed E-state index contributed by atoms with van der Waals surface area (Å²) in [4.78, 5) is 12.0. The topological polar surface area (TPSA) is 55.1 Å². The molecule has 3 N–H and O–H groups in total. The third kappa shape index (κ3) is 3.13. The van der Waals surface area contributed by atoms with Gasteiger partial charge in [0.05, 0.1) is 5.56 Å². The number of nitrogens with one attached hydrogen (secondary N) is 1. The van der Waals surface area contributed by atoms with Crippen molar-refractivity contribution in [2.45, 2.75) is 19.9 Å². The molecule has 19 heavy (non-hydrogen) atoms. The summed E-state index contributed by atoms with van der Waals surface area (Å²) in [6.07, 6.45) is 0.958. The summed E-state index contributed by atoms with van der Waals surface area (Å²) < 4.78 is 0. The lowest BCUT2D eigenvalue weighted by molar-refractivity contribution is 0.0951. The van der Waals surface area contributed by atoms with E-state index in [1.807, 2.05) is 30.3 Å². The van der Waals surface area contributed by atoms with Gasteiger partial charge in [-0.1, -0.05) is 43.3 Å². The second kappa shape index (κ2) is 6.05. The van der Waals surface area contributed by atoms with Crippen molar-refractivity contribution in [3.05, 3.63) is 65.2 Å². The van der Waals surface area contributed by atoms with Crippen LogP contribution < -0.4 is 11.1 Å². The summed E-state index contributed by atoms with van der Waals surface area (Å²) in [7, 11) is 0. The minimum absolute atomic E-state index is 0.135. The highest BCUT2D eigenvalue weighted by Crippen LogP contribution is 2.12. The number of anilines is 1. The third-order valence-corrected chi connectivity index (χ3v) is 3.14. The van der Waals surface area contributed by atoms with Crippen LogP contribution in [0.15, 0.2) is 48.5 Å². The molecular weight excluding hydrogens is 236 g/mol. The van der Waals surface area contributed by atoms with Crippen LogP contribution in [0, 0.1) is 0 Å². The second-order valence-corrected chi connectivity index (χ2v) is 4.39. The van der Waals surface area contributed by atoms with E-state index < -0.39 is 0 Å². The molecule has 0 radical (unpaired) electrons. The molecule has 2 rings (SSSR count). The lowest BCUT2D eigenvalue weighted by Gasteiger charge is -2.10. The molecule has 0 heterocycles. The number of hydrogen-bond acceptors (Lipinski definition) is 2. The first kappa shape index (κ1) is 13.1. The van der Waals surface area contributed by atoms with Crippen molar-refractivity contribution in [2.24, 2.45) is 0 Å². The molecule has 0 spiro atoms. The van der Waals surface area contributed by atoms with Gasteiger partial charge in [-0.2, -0.15) is 0 Å². The molecule has 0 aliphatic carbocycles. The average molecular weight is 254 g/mol. The molecule has 3 heteroatoms. The van der Waals surface area contributed by atoms with E-state index in [1.165, 1.54) is 5.56 Å². The van der Waals surface area contributed by atoms with Crippen molar-refractivity contribution in [1.29, 1.82) is 0 Å². The van der Waals surface area contributed by atoms with E-state index in [0.29, 0.717) is 17.8 Å². The average Bonchev–Trinajstić information content (AvgIpc) is 2.45. The van der Waals surface area contributed by atoms with Gasteiger partial charge in [-0.05, 0) is 29.7 Å². The van der Waals surface area contributed by atoms with E-state index >= 15 is 0 Å². The number of carbonyl (C=O) groups is 1. The fourth-order valence-electron chi connectivity index (χ4n) is 2.05. The molecule has 1 amide bonds. The summed E-state index contributed by atoms with van der Waals surface area (Å²) in [6.45, 7) is 2.63. The Hall–Kier alpha value is -2.29. The van der Waals surface area contributed by atoms with Crippen LogP contribution in [0.1, 0.15) is 28.4 Å². The van der Waals surface area contributed by atoms with E-state index in [9.17, 15) is 4.79 Å². The number of hydrogen-bond donors (Lipinski definition) is 2. The van der Waals surface area contributed by atoms with Gasteiger partial charge in [0.2, 0.25) is 0 Å². The molecule has 0 aliphatic rings. The van der Waals surface area contributed by atoms with Crippen LogP contribution in [-0.4, -0.2) is 5.91 Å². The maximum Gasteiger partial charge on any atom is 0.253 e. The number of rotatable bonds is 4. The highest BCUT2D eigenvalue weighted by atomic mass is 16.1. The molecule has 3 nitrogen and oxygen atoms in total. The molecule has 0 saturated carbocycles. The van der Waals surface area contributed by atoms with Crippen molar-refractivity contribution in [3.63, 3.8) is 0 Å². The number of nitrogens with two attached hydrogens (primary N) is 1. The van der Waals surface area contributed by atoms with Gasteiger partial charge in [-0.15, -0.1) is 0 Å². The molecule has 0 atom stereocenters. The Labute approximate surface area is 113 Å². The van der Waals surface area contributed by atoms with Crippen molar-refractivity contribution in [3.8, 4) is 0 Å². The lowest BCUT2D eigenvalue weighted by atomic mass is 10.1. The Morgan fingerprint density at radius 1 is 1.05 bits per heavy atom. The maximum absolute atomic E-state index is 12.0. The summed E-state index contributed by atoms with van der Waals surface area (Å²) in [5.41, 5.74) is 9.21. The van der Waals surface area contributed by atoms with E-state index in [0.717, 1.165) is 12.0 Å². The lowest BCUT2D eigenvalue weighted by Crippen LogP contribution is -2.24. The van der Waals surface area contributed by atoms with Gasteiger partial charge in [0, 0.05) is 12.2 Å². The number of para-hydroxylation sites is 1. The summed E-state index contributed by atoms with van der Waals surface area (Å²) in [5, 5.41) is 2.91. The van der Waals surface area contributed by atoms with Crippen molar-refractivity contribution in [2.75, 3.05) is 5.73 Å². The zero-order valence-corrected chi connectivity index (χ0v) is 11.0. The zero-order chi connectivity index (χ0) is 13.7. The van der Waals surface area contributed by atoms with Crippen LogP contribution in [0.2, 0.25) is 0 Å². The van der Waals surface area contributed by atoms with E-state index in [1.54, 1.807) is 12.1 Å². The molecule has 0 fully saturated rings. The molecule has 98 valence electrons. The number of carbonyl (C=O) groups excluding carboxylic acids is 1. The van der Waals surface area contributed by atoms with E-state index in [4.69, 9.17) is 5.73 Å². The fourth-order valence-corrected chi connectivity index (χ4v) is 2.05. The first-order chi connectivity index (χ1) is 9.22. The Kier molecular flexibility index (Phi) is 4.18. The molecular formula is C16H18N2O. The van der Waals surface area contributed by atoms with E-state index in [2.05, 4.69) is 18.3 Å². The van der Waals surface area contributed by atoms with Crippen molar-refractivity contribution in [1.82, 2.24) is 5.32 Å². The molecule has 0 saturated heterocycles. The molecule has 0 aliphatic heterocycles. The molecule has 2 aromatic carbocycles. The molecule has 2 aromatic rings. The largest absolute Gasteiger partial charge is 0.398 e. The van der Waals surface area contributed by atoms with Crippen LogP contribution in [0.4, 0.5) is 5.69 Å². The number of nitrogen functional groups attached to an aromatic ring is 1. The van der Waals surface area contributed by atoms with Gasteiger partial charge in [-0.3, -0.25) is 4.79 Å². The van der Waals surface area contributed by atoms with Crippen LogP contribution in [0.3, 0.4) is 0 Å². The number of benzene rings is 2. The van der Waals surface area contributed by atoms with Gasteiger partial charge in [0.1, 0.15) is 0 Å². The van der Waals surface area contributed by atoms with Crippen LogP contribution >= 0.6 is 0 Å². The molecule has 0 aromatic heterocycles. The highest BCUT2D eigenvalue weighted by Gasteiger charge is 2.09. The van der Waals surface area contributed by atoms with Crippen molar-refractivity contribution < 1.29 is 4.79 Å². The van der Waals surface area contributed by atoms with Gasteiger partial charge in [0.15, 0.2) is 0 Å². The van der Waals surface area contributed by atoms with Crippen LogP contribution in [0.5, 0.6) is 0 Å². The van der Waals surface area contributed by atoms with E-state index in [-0.39, 0.29) is 5.91 Å². The normalized spacial score (nSPS) is 10.2. The standard InChI is InChI=1S/C16H18N2O/c1-2-12-7-3-4-8-13(12)11-18-16(19)14-9-5-6-10-15(14)17/h3-10H,2,11,17H2,1H3,(H,18,19). The second-order valence-electron chi connectivity index (χ2n) is 4.39. The van der Waals surface area contributed by atoms with Gasteiger partial charge >= 0.3 is 0 Å². The minimum Gasteiger partial charge on any atom is -0.398 e. The summed E-state index contributed by atoms with van der Waals surface area (Å²) in [5.74, 6) is -0.135. The summed E-state index contributed by atoms with van der Waals surface area (Å²) in [6, 6.07) is 15.2.